The number of rotatable bonds is 6. The molecule has 2 N–H and O–H groups in total. The van der Waals surface area contributed by atoms with Crippen LogP contribution >= 0.6 is 11.8 Å². The molecule has 1 aliphatic rings. The topological polar surface area (TPSA) is 72.0 Å². The van der Waals surface area contributed by atoms with Gasteiger partial charge in [0, 0.05) is 18.3 Å². The third-order valence-electron chi connectivity index (χ3n) is 3.29. The smallest absolute Gasteiger partial charge is 0.322 e. The van der Waals surface area contributed by atoms with Gasteiger partial charge in [0.1, 0.15) is 0 Å². The largest absolute Gasteiger partial charge is 0.467 e. The lowest BCUT2D eigenvalue weighted by Crippen LogP contribution is -2.40. The Hall–Kier alpha value is -1.24. The van der Waals surface area contributed by atoms with Gasteiger partial charge in [-0.25, -0.2) is 0 Å². The molecule has 0 spiro atoms. The second-order valence-electron chi connectivity index (χ2n) is 4.31. The fourth-order valence-corrected chi connectivity index (χ4v) is 2.82. The first-order chi connectivity index (χ1) is 8.71. The molecule has 2 rings (SSSR count). The molecule has 1 heterocycles. The molecule has 1 aliphatic carbocycles. The van der Waals surface area contributed by atoms with Gasteiger partial charge in [0.15, 0.2) is 0 Å². The van der Waals surface area contributed by atoms with Gasteiger partial charge in [-0.2, -0.15) is 26.7 Å². The zero-order chi connectivity index (χ0) is 13.0. The van der Waals surface area contributed by atoms with Crippen molar-refractivity contribution < 1.29 is 4.74 Å². The molecule has 1 fully saturated rings. The lowest BCUT2D eigenvalue weighted by molar-refractivity contribution is 0.374. The highest BCUT2D eigenvalue weighted by Crippen LogP contribution is 2.42. The highest BCUT2D eigenvalue weighted by molar-refractivity contribution is 8.00. The molecule has 1 aromatic heterocycles. The van der Waals surface area contributed by atoms with Crippen LogP contribution in [0.4, 0.5) is 11.9 Å². The van der Waals surface area contributed by atoms with E-state index in [9.17, 15) is 0 Å². The van der Waals surface area contributed by atoms with Gasteiger partial charge >= 0.3 is 6.01 Å². The minimum atomic E-state index is 0.323. The molecular formula is C11H19N5OS. The van der Waals surface area contributed by atoms with Gasteiger partial charge in [0.05, 0.1) is 7.11 Å². The van der Waals surface area contributed by atoms with Crippen LogP contribution in [-0.4, -0.2) is 46.7 Å². The van der Waals surface area contributed by atoms with E-state index in [-0.39, 0.29) is 0 Å². The van der Waals surface area contributed by atoms with Crippen LogP contribution in [0.2, 0.25) is 0 Å². The van der Waals surface area contributed by atoms with E-state index in [1.54, 1.807) is 14.2 Å². The molecule has 100 valence electrons. The quantitative estimate of drug-likeness (QED) is 0.813. The second kappa shape index (κ2) is 5.60. The summed E-state index contributed by atoms with van der Waals surface area (Å²) >= 11 is 1.92. The fourth-order valence-electron chi connectivity index (χ4n) is 1.90. The van der Waals surface area contributed by atoms with Gasteiger partial charge in [-0.05, 0) is 19.1 Å². The maximum atomic E-state index is 5.05. The summed E-state index contributed by atoms with van der Waals surface area (Å²) < 4.78 is 5.40. The molecular weight excluding hydrogens is 250 g/mol. The Bertz CT molecular complexity index is 383. The van der Waals surface area contributed by atoms with E-state index in [0.717, 1.165) is 6.54 Å². The summed E-state index contributed by atoms with van der Waals surface area (Å²) in [5.41, 5.74) is 0. The molecule has 0 bridgehead atoms. The number of hydrogen-bond donors (Lipinski definition) is 2. The first kappa shape index (κ1) is 13.2. The third-order valence-corrected chi connectivity index (χ3v) is 4.71. The number of thioether (sulfide) groups is 1. The van der Waals surface area contributed by atoms with Crippen LogP contribution < -0.4 is 15.4 Å². The van der Waals surface area contributed by atoms with Crippen molar-refractivity contribution >= 4 is 23.7 Å². The van der Waals surface area contributed by atoms with Crippen molar-refractivity contribution in [3.63, 3.8) is 0 Å². The lowest BCUT2D eigenvalue weighted by atomic mass is 9.84. The summed E-state index contributed by atoms with van der Waals surface area (Å²) in [5, 5.41) is 6.18. The van der Waals surface area contributed by atoms with E-state index < -0.39 is 0 Å². The van der Waals surface area contributed by atoms with Gasteiger partial charge in [-0.15, -0.1) is 0 Å². The molecule has 0 amide bonds. The van der Waals surface area contributed by atoms with Gasteiger partial charge in [-0.1, -0.05) is 6.42 Å². The van der Waals surface area contributed by atoms with Crippen molar-refractivity contribution in [2.45, 2.75) is 24.0 Å². The number of ether oxygens (including phenoxy) is 1. The van der Waals surface area contributed by atoms with Crippen molar-refractivity contribution in [2.75, 3.05) is 37.6 Å². The van der Waals surface area contributed by atoms with Crippen LogP contribution in [0.1, 0.15) is 19.3 Å². The molecule has 0 saturated heterocycles. The Morgan fingerprint density at radius 2 is 2.00 bits per heavy atom. The average molecular weight is 269 g/mol. The van der Waals surface area contributed by atoms with Gasteiger partial charge < -0.3 is 15.4 Å². The predicted molar refractivity (Wildman–Crippen MR) is 74.5 cm³/mol. The number of aromatic nitrogens is 3. The minimum absolute atomic E-state index is 0.323. The lowest BCUT2D eigenvalue weighted by Gasteiger charge is -2.40. The summed E-state index contributed by atoms with van der Waals surface area (Å²) in [5.74, 6) is 1.07. The number of nitrogens with zero attached hydrogens (tertiary/aromatic N) is 3. The molecule has 0 aromatic carbocycles. The molecule has 7 heteroatoms. The Morgan fingerprint density at radius 3 is 2.50 bits per heavy atom. The monoisotopic (exact) mass is 269 g/mol. The van der Waals surface area contributed by atoms with E-state index in [1.165, 1.54) is 19.3 Å². The van der Waals surface area contributed by atoms with Crippen LogP contribution in [0.15, 0.2) is 0 Å². The molecule has 1 aromatic rings. The van der Waals surface area contributed by atoms with Crippen molar-refractivity contribution in [2.24, 2.45) is 0 Å². The van der Waals surface area contributed by atoms with Crippen molar-refractivity contribution in [1.29, 1.82) is 0 Å². The maximum absolute atomic E-state index is 5.05. The second-order valence-corrected chi connectivity index (χ2v) is 5.59. The fraction of sp³-hybridized carbons (Fsp3) is 0.727. The molecule has 6 nitrogen and oxygen atoms in total. The Labute approximate surface area is 111 Å². The number of anilines is 2. The number of hydrogen-bond acceptors (Lipinski definition) is 7. The van der Waals surface area contributed by atoms with E-state index in [0.29, 0.717) is 22.7 Å². The predicted octanol–water partition coefficient (Wildman–Crippen LogP) is 1.62. The van der Waals surface area contributed by atoms with Crippen molar-refractivity contribution in [3.8, 4) is 6.01 Å². The van der Waals surface area contributed by atoms with E-state index >= 15 is 0 Å². The standard InChI is InChI=1S/C11H19N5OS/c1-12-8-14-9(16-10(15-8)17-2)13-7-11(18-3)5-4-6-11/h4-7H2,1-3H3,(H2,12,13,14,15,16). The minimum Gasteiger partial charge on any atom is -0.467 e. The van der Waals surface area contributed by atoms with Crippen LogP contribution in [0.3, 0.4) is 0 Å². The SMILES string of the molecule is CNc1nc(NCC2(SC)CCC2)nc(OC)n1. The highest BCUT2D eigenvalue weighted by Gasteiger charge is 2.36. The van der Waals surface area contributed by atoms with Gasteiger partial charge in [0.2, 0.25) is 11.9 Å². The number of methoxy groups -OCH3 is 1. The van der Waals surface area contributed by atoms with E-state index in [2.05, 4.69) is 31.8 Å². The van der Waals surface area contributed by atoms with E-state index in [4.69, 9.17) is 4.74 Å². The summed E-state index contributed by atoms with van der Waals surface area (Å²) in [6.45, 7) is 0.879. The Balaban J connectivity index is 2.04. The molecule has 0 radical (unpaired) electrons. The number of nitrogens with one attached hydrogen (secondary N) is 2. The van der Waals surface area contributed by atoms with Crippen molar-refractivity contribution in [1.82, 2.24) is 15.0 Å². The summed E-state index contributed by atoms with van der Waals surface area (Å²) in [4.78, 5) is 12.5. The average Bonchev–Trinajstić information content (AvgIpc) is 2.37. The zero-order valence-electron chi connectivity index (χ0n) is 11.0. The Morgan fingerprint density at radius 1 is 1.28 bits per heavy atom. The Kier molecular flexibility index (Phi) is 4.11. The third kappa shape index (κ3) is 2.77. The normalized spacial score (nSPS) is 16.8. The van der Waals surface area contributed by atoms with Crippen LogP contribution in [0.5, 0.6) is 6.01 Å². The van der Waals surface area contributed by atoms with Crippen molar-refractivity contribution in [3.05, 3.63) is 0 Å². The highest BCUT2D eigenvalue weighted by atomic mass is 32.2. The van der Waals surface area contributed by atoms with Gasteiger partial charge in [-0.3, -0.25) is 0 Å². The first-order valence-electron chi connectivity index (χ1n) is 5.98. The maximum Gasteiger partial charge on any atom is 0.322 e. The first-order valence-corrected chi connectivity index (χ1v) is 7.21. The molecule has 0 unspecified atom stereocenters. The summed E-state index contributed by atoms with van der Waals surface area (Å²) in [6.07, 6.45) is 5.98. The summed E-state index contributed by atoms with van der Waals surface area (Å²) in [6, 6.07) is 0.323. The molecule has 0 aliphatic heterocycles. The van der Waals surface area contributed by atoms with Gasteiger partial charge in [0.25, 0.3) is 0 Å². The zero-order valence-corrected chi connectivity index (χ0v) is 11.8. The van der Waals surface area contributed by atoms with Crippen LogP contribution in [-0.2, 0) is 0 Å². The molecule has 0 atom stereocenters. The molecule has 18 heavy (non-hydrogen) atoms. The van der Waals surface area contributed by atoms with Crippen LogP contribution in [0.25, 0.3) is 0 Å². The van der Waals surface area contributed by atoms with E-state index in [1.807, 2.05) is 11.8 Å². The van der Waals surface area contributed by atoms with Crippen LogP contribution in [0, 0.1) is 0 Å². The molecule has 1 saturated carbocycles. The summed E-state index contributed by atoms with van der Waals surface area (Å²) in [7, 11) is 3.32.